The maximum atomic E-state index is 13.1. The molecule has 1 atom stereocenters. The van der Waals surface area contributed by atoms with E-state index in [0.717, 1.165) is 11.1 Å². The number of pyridine rings is 1. The average Bonchev–Trinajstić information content (AvgIpc) is 3.27. The first kappa shape index (κ1) is 21.3. The Bertz CT molecular complexity index is 1100. The van der Waals surface area contributed by atoms with Crippen molar-refractivity contribution in [2.75, 3.05) is 6.54 Å². The minimum atomic E-state index is -3.87. The van der Waals surface area contributed by atoms with E-state index in [-0.39, 0.29) is 23.7 Å². The molecule has 2 aromatic heterocycles. The number of aryl methyl sites for hydroxylation is 1. The predicted molar refractivity (Wildman–Crippen MR) is 109 cm³/mol. The lowest BCUT2D eigenvalue weighted by Crippen LogP contribution is -2.42. The summed E-state index contributed by atoms with van der Waals surface area (Å²) in [7, 11) is -3.87. The first-order valence-electron chi connectivity index (χ1n) is 9.17. The standard InChI is InChI=1S/C21H21N3O5S/c1-15-6-8-17(9-7-15)30(27,28)19(18-5-3-11-29-18)14-24-21(26)20(25)23-13-16-4-2-10-22-12-16/h2-12,19H,13-14H2,1H3,(H,23,25)(H,24,26)/t19-/m0/s1. The van der Waals surface area contributed by atoms with E-state index in [0.29, 0.717) is 0 Å². The third-order valence-electron chi connectivity index (χ3n) is 4.41. The fourth-order valence-corrected chi connectivity index (χ4v) is 4.35. The Morgan fingerprint density at radius 2 is 1.77 bits per heavy atom. The molecule has 2 heterocycles. The normalized spacial score (nSPS) is 12.2. The van der Waals surface area contributed by atoms with Gasteiger partial charge in [-0.1, -0.05) is 23.8 Å². The van der Waals surface area contributed by atoms with Crippen LogP contribution in [-0.4, -0.2) is 31.8 Å². The molecule has 9 heteroatoms. The molecule has 0 fully saturated rings. The Kier molecular flexibility index (Phi) is 6.63. The zero-order chi connectivity index (χ0) is 21.6. The fraction of sp³-hybridized carbons (Fsp3) is 0.190. The second-order valence-electron chi connectivity index (χ2n) is 6.62. The van der Waals surface area contributed by atoms with Crippen molar-refractivity contribution in [2.45, 2.75) is 23.6 Å². The predicted octanol–water partition coefficient (Wildman–Crippen LogP) is 1.93. The van der Waals surface area contributed by atoms with Gasteiger partial charge in [0.25, 0.3) is 0 Å². The van der Waals surface area contributed by atoms with Gasteiger partial charge >= 0.3 is 11.8 Å². The Morgan fingerprint density at radius 1 is 1.03 bits per heavy atom. The number of nitrogens with zero attached hydrogens (tertiary/aromatic N) is 1. The molecule has 0 saturated carbocycles. The molecule has 0 aliphatic heterocycles. The highest BCUT2D eigenvalue weighted by molar-refractivity contribution is 7.91. The molecule has 156 valence electrons. The van der Waals surface area contributed by atoms with Crippen molar-refractivity contribution in [3.05, 3.63) is 84.1 Å². The van der Waals surface area contributed by atoms with Gasteiger partial charge in [-0.3, -0.25) is 14.6 Å². The number of sulfone groups is 1. The second kappa shape index (κ2) is 9.36. The lowest BCUT2D eigenvalue weighted by atomic mass is 10.2. The minimum Gasteiger partial charge on any atom is -0.468 e. The van der Waals surface area contributed by atoms with Crippen LogP contribution in [0.4, 0.5) is 0 Å². The highest BCUT2D eigenvalue weighted by Crippen LogP contribution is 2.29. The monoisotopic (exact) mass is 427 g/mol. The number of amides is 2. The van der Waals surface area contributed by atoms with Gasteiger partial charge in [0.05, 0.1) is 11.2 Å². The van der Waals surface area contributed by atoms with E-state index in [9.17, 15) is 18.0 Å². The van der Waals surface area contributed by atoms with Gasteiger partial charge in [0.15, 0.2) is 9.84 Å². The Balaban J connectivity index is 1.69. The van der Waals surface area contributed by atoms with Crippen LogP contribution in [0.2, 0.25) is 0 Å². The van der Waals surface area contributed by atoms with Crippen LogP contribution in [0.5, 0.6) is 0 Å². The maximum absolute atomic E-state index is 13.1. The van der Waals surface area contributed by atoms with E-state index in [1.165, 1.54) is 24.5 Å². The number of carbonyl (C=O) groups is 2. The third kappa shape index (κ3) is 5.12. The number of hydrogen-bond donors (Lipinski definition) is 2. The van der Waals surface area contributed by atoms with Crippen molar-refractivity contribution in [3.63, 3.8) is 0 Å². The van der Waals surface area contributed by atoms with E-state index in [1.54, 1.807) is 42.7 Å². The summed E-state index contributed by atoms with van der Waals surface area (Å²) in [6, 6.07) is 12.9. The van der Waals surface area contributed by atoms with Gasteiger partial charge in [0.1, 0.15) is 11.0 Å². The summed E-state index contributed by atoms with van der Waals surface area (Å²) in [6.07, 6.45) is 4.52. The lowest BCUT2D eigenvalue weighted by molar-refractivity contribution is -0.139. The summed E-state index contributed by atoms with van der Waals surface area (Å²) in [6.45, 7) is 1.66. The Hall–Kier alpha value is -3.46. The van der Waals surface area contributed by atoms with Crippen LogP contribution in [0, 0.1) is 6.92 Å². The van der Waals surface area contributed by atoms with Crippen molar-refractivity contribution < 1.29 is 22.4 Å². The molecule has 0 bridgehead atoms. The second-order valence-corrected chi connectivity index (χ2v) is 8.75. The molecular weight excluding hydrogens is 406 g/mol. The molecule has 3 aromatic rings. The van der Waals surface area contributed by atoms with Gasteiger partial charge in [0.2, 0.25) is 0 Å². The van der Waals surface area contributed by atoms with Crippen LogP contribution >= 0.6 is 0 Å². The number of rotatable bonds is 7. The zero-order valence-electron chi connectivity index (χ0n) is 16.2. The molecule has 3 rings (SSSR count). The van der Waals surface area contributed by atoms with E-state index >= 15 is 0 Å². The molecule has 0 spiro atoms. The van der Waals surface area contributed by atoms with Crippen molar-refractivity contribution in [3.8, 4) is 0 Å². The number of nitrogens with one attached hydrogen (secondary N) is 2. The van der Waals surface area contributed by atoms with Crippen LogP contribution in [0.15, 0.2) is 76.5 Å². The summed E-state index contributed by atoms with van der Waals surface area (Å²) in [5, 5.41) is 3.68. The highest BCUT2D eigenvalue weighted by Gasteiger charge is 2.32. The van der Waals surface area contributed by atoms with Crippen LogP contribution in [0.3, 0.4) is 0 Å². The largest absolute Gasteiger partial charge is 0.468 e. The lowest BCUT2D eigenvalue weighted by Gasteiger charge is -2.16. The number of aromatic nitrogens is 1. The molecule has 8 nitrogen and oxygen atoms in total. The fourth-order valence-electron chi connectivity index (χ4n) is 2.76. The number of carbonyl (C=O) groups excluding carboxylic acids is 2. The summed E-state index contributed by atoms with van der Waals surface area (Å²) < 4.78 is 31.5. The Morgan fingerprint density at radius 3 is 2.40 bits per heavy atom. The molecule has 2 N–H and O–H groups in total. The zero-order valence-corrected chi connectivity index (χ0v) is 17.1. The third-order valence-corrected chi connectivity index (χ3v) is 6.49. The smallest absolute Gasteiger partial charge is 0.309 e. The van der Waals surface area contributed by atoms with Crippen LogP contribution in [-0.2, 0) is 26.0 Å². The van der Waals surface area contributed by atoms with Crippen molar-refractivity contribution >= 4 is 21.7 Å². The topological polar surface area (TPSA) is 118 Å². The van der Waals surface area contributed by atoms with E-state index < -0.39 is 26.9 Å². The first-order chi connectivity index (χ1) is 14.4. The van der Waals surface area contributed by atoms with E-state index in [4.69, 9.17) is 4.42 Å². The summed E-state index contributed by atoms with van der Waals surface area (Å²) in [4.78, 5) is 28.3. The average molecular weight is 427 g/mol. The van der Waals surface area contributed by atoms with Gasteiger partial charge in [-0.05, 0) is 42.8 Å². The molecule has 1 aromatic carbocycles. The summed E-state index contributed by atoms with van der Waals surface area (Å²) in [5.74, 6) is -1.63. The number of hydrogen-bond acceptors (Lipinski definition) is 6. The van der Waals surface area contributed by atoms with Gasteiger partial charge < -0.3 is 15.1 Å². The highest BCUT2D eigenvalue weighted by atomic mass is 32.2. The summed E-state index contributed by atoms with van der Waals surface area (Å²) >= 11 is 0. The quantitative estimate of drug-likeness (QED) is 0.556. The van der Waals surface area contributed by atoms with Crippen LogP contribution in [0.1, 0.15) is 22.1 Å². The molecule has 0 aliphatic rings. The van der Waals surface area contributed by atoms with Crippen LogP contribution in [0.25, 0.3) is 0 Å². The van der Waals surface area contributed by atoms with Gasteiger partial charge in [-0.25, -0.2) is 8.42 Å². The molecule has 0 saturated heterocycles. The molecular formula is C21H21N3O5S. The maximum Gasteiger partial charge on any atom is 0.309 e. The van der Waals surface area contributed by atoms with Crippen molar-refractivity contribution in [1.29, 1.82) is 0 Å². The summed E-state index contributed by atoms with van der Waals surface area (Å²) in [5.41, 5.74) is 1.65. The molecule has 0 radical (unpaired) electrons. The molecule has 30 heavy (non-hydrogen) atoms. The molecule has 0 aliphatic carbocycles. The number of furan rings is 1. The SMILES string of the molecule is Cc1ccc(S(=O)(=O)[C@@H](CNC(=O)C(=O)NCc2cccnc2)c2ccco2)cc1. The van der Waals surface area contributed by atoms with Crippen molar-refractivity contribution in [2.24, 2.45) is 0 Å². The van der Waals surface area contributed by atoms with Gasteiger partial charge in [-0.15, -0.1) is 0 Å². The van der Waals surface area contributed by atoms with Gasteiger partial charge in [0, 0.05) is 25.5 Å². The minimum absolute atomic E-state index is 0.102. The molecule has 2 amide bonds. The molecule has 0 unspecified atom stereocenters. The van der Waals surface area contributed by atoms with Crippen LogP contribution < -0.4 is 10.6 Å². The first-order valence-corrected chi connectivity index (χ1v) is 10.7. The number of benzene rings is 1. The van der Waals surface area contributed by atoms with Crippen molar-refractivity contribution in [1.82, 2.24) is 15.6 Å². The van der Waals surface area contributed by atoms with E-state index in [2.05, 4.69) is 15.6 Å². The Labute approximate surface area is 174 Å². The van der Waals surface area contributed by atoms with Gasteiger partial charge in [-0.2, -0.15) is 0 Å². The van der Waals surface area contributed by atoms with E-state index in [1.807, 2.05) is 6.92 Å².